The highest BCUT2D eigenvalue weighted by Gasteiger charge is 2.37. The van der Waals surface area contributed by atoms with Gasteiger partial charge in [0.25, 0.3) is 0 Å². The highest BCUT2D eigenvalue weighted by Crippen LogP contribution is 2.53. The van der Waals surface area contributed by atoms with E-state index in [9.17, 15) is 4.79 Å². The molecule has 2 aliphatic rings. The molecule has 0 unspecified atom stereocenters. The van der Waals surface area contributed by atoms with Crippen LogP contribution in [0.3, 0.4) is 0 Å². The third-order valence-electron chi connectivity index (χ3n) is 18.7. The number of halogens is 1. The predicted molar refractivity (Wildman–Crippen MR) is 363 cm³/mol. The van der Waals surface area contributed by atoms with Gasteiger partial charge >= 0.3 is 0 Å². The van der Waals surface area contributed by atoms with E-state index in [-0.39, 0.29) is 23.5 Å². The van der Waals surface area contributed by atoms with Crippen LogP contribution in [-0.4, -0.2) is 14.8 Å². The van der Waals surface area contributed by atoms with Gasteiger partial charge in [-0.3, -0.25) is 0 Å². The van der Waals surface area contributed by atoms with Crippen molar-refractivity contribution in [3.05, 3.63) is 262 Å². The molecule has 12 aromatic carbocycles. The lowest BCUT2D eigenvalue weighted by Crippen LogP contribution is -2.15. The molecule has 3 heterocycles. The molecule has 4 heteroatoms. The number of Topliss-reactive ketones (excluding diaryl/α,β-unsaturated/α-hetero) is 1. The van der Waals surface area contributed by atoms with E-state index in [1.54, 1.807) is 0 Å². The van der Waals surface area contributed by atoms with Crippen LogP contribution in [0.25, 0.3) is 132 Å². The van der Waals surface area contributed by atoms with Gasteiger partial charge in [-0.2, -0.15) is 0 Å². The highest BCUT2D eigenvalue weighted by atomic mass is 35.5. The number of ketones is 1. The molecular weight excluding hydrogens is 1050 g/mol. The number of benzene rings is 12. The molecule has 0 spiro atoms. The van der Waals surface area contributed by atoms with Crippen LogP contribution in [0.1, 0.15) is 87.4 Å². The summed E-state index contributed by atoms with van der Waals surface area (Å²) >= 11 is 7.15. The van der Waals surface area contributed by atoms with Gasteiger partial charge < -0.3 is 13.8 Å². The average Bonchev–Trinajstić information content (AvgIpc) is 1.59. The summed E-state index contributed by atoms with van der Waals surface area (Å²) in [6, 6.07) is 79.4. The Morgan fingerprint density at radius 1 is 0.388 bits per heavy atom. The molecule has 412 valence electrons. The maximum atomic E-state index is 9.62. The minimum absolute atomic E-state index is 0.0119. The van der Waals surface area contributed by atoms with Gasteiger partial charge in [-0.25, -0.2) is 0 Å². The average molecular weight is 1120 g/mol. The smallest absolute Gasteiger partial charge is 0.126 e. The quantitative estimate of drug-likeness (QED) is 0.173. The van der Waals surface area contributed by atoms with Gasteiger partial charge in [-0.15, -0.1) is 0 Å². The molecule has 85 heavy (non-hydrogen) atoms. The first-order valence-corrected chi connectivity index (χ1v) is 30.0. The molecule has 0 N–H and O–H groups in total. The van der Waals surface area contributed by atoms with Crippen molar-refractivity contribution >= 4 is 98.8 Å². The fraction of sp³-hybridized carbons (Fsp3) is 0.148. The Balaban J connectivity index is 0.000000135. The maximum absolute atomic E-state index is 9.62. The largest absolute Gasteiger partial charge is 0.308 e. The van der Waals surface area contributed by atoms with Gasteiger partial charge in [0.05, 0.1) is 32.6 Å². The molecular formula is C81H65ClN2O. The molecule has 2 aliphatic carbocycles. The zero-order valence-corrected chi connectivity index (χ0v) is 50.4. The lowest BCUT2D eigenvalue weighted by atomic mass is 9.81. The summed E-state index contributed by atoms with van der Waals surface area (Å²) in [5.41, 5.74) is 28.4. The van der Waals surface area contributed by atoms with Crippen LogP contribution >= 0.6 is 11.6 Å². The van der Waals surface area contributed by atoms with Crippen molar-refractivity contribution in [2.45, 2.75) is 80.0 Å². The van der Waals surface area contributed by atoms with Crippen LogP contribution in [0.4, 0.5) is 0 Å². The topological polar surface area (TPSA) is 26.4 Å². The van der Waals surface area contributed by atoms with E-state index in [4.69, 9.17) is 13.0 Å². The summed E-state index contributed by atoms with van der Waals surface area (Å²) in [4.78, 5) is 9.62. The van der Waals surface area contributed by atoms with E-state index in [0.29, 0.717) is 0 Å². The van der Waals surface area contributed by atoms with E-state index in [1.807, 2.05) is 6.07 Å². The van der Waals surface area contributed by atoms with Gasteiger partial charge in [0.1, 0.15) is 5.78 Å². The Morgan fingerprint density at radius 3 is 1.41 bits per heavy atom. The minimum atomic E-state index is -0.0833. The van der Waals surface area contributed by atoms with E-state index in [1.165, 1.54) is 166 Å². The summed E-state index contributed by atoms with van der Waals surface area (Å²) in [6.45, 7) is 19.5. The van der Waals surface area contributed by atoms with Crippen molar-refractivity contribution in [2.75, 3.05) is 0 Å². The van der Waals surface area contributed by atoms with Crippen LogP contribution in [0.5, 0.6) is 0 Å². The maximum Gasteiger partial charge on any atom is 0.126 e. The van der Waals surface area contributed by atoms with Crippen molar-refractivity contribution in [1.29, 1.82) is 0 Å². The first-order chi connectivity index (χ1) is 41.4. The van der Waals surface area contributed by atoms with E-state index >= 15 is 0 Å². The molecule has 17 rings (SSSR count). The summed E-state index contributed by atoms with van der Waals surface area (Å²) in [6.07, 6.45) is 0. The molecule has 3 aromatic heterocycles. The van der Waals surface area contributed by atoms with Crippen molar-refractivity contribution in [1.82, 2.24) is 8.97 Å². The van der Waals surface area contributed by atoms with Crippen molar-refractivity contribution in [2.24, 2.45) is 0 Å². The Hall–Kier alpha value is -9.28. The first kappa shape index (κ1) is 51.4. The van der Waals surface area contributed by atoms with Gasteiger partial charge in [-0.1, -0.05) is 178 Å². The monoisotopic (exact) mass is 1120 g/mol. The number of aryl methyl sites for hydroxylation is 4. The summed E-state index contributed by atoms with van der Waals surface area (Å²) < 4.78 is 11.2. The molecule has 15 aromatic rings. The number of carbonyl (C=O) groups is 1. The summed E-state index contributed by atoms with van der Waals surface area (Å²) in [5.74, 6) is -0.0787. The Labute approximate surface area is 503 Å². The molecule has 0 saturated heterocycles. The number of rotatable bonds is 3. The molecule has 0 bridgehead atoms. The Kier molecular flexibility index (Phi) is 11.6. The van der Waals surface area contributed by atoms with Crippen LogP contribution in [0, 0.1) is 27.7 Å². The zero-order valence-electron chi connectivity index (χ0n) is 50.6. The number of nitrogens with zero attached hydrogens (tertiary/aromatic N) is 2. The lowest BCUT2D eigenvalue weighted by molar-refractivity contribution is -0.115. The van der Waals surface area contributed by atoms with Crippen molar-refractivity contribution < 1.29 is 6.17 Å². The van der Waals surface area contributed by atoms with Crippen molar-refractivity contribution in [3.8, 4) is 50.2 Å². The second-order valence-electron chi connectivity index (χ2n) is 25.3. The van der Waals surface area contributed by atoms with Crippen LogP contribution in [0.15, 0.2) is 212 Å². The fourth-order valence-corrected chi connectivity index (χ4v) is 14.8. The normalized spacial score (nSPS) is 13.7. The number of fused-ring (bicyclic) bond motifs is 17. The molecule has 0 fully saturated rings. The second kappa shape index (κ2) is 19.1. The third kappa shape index (κ3) is 8.18. The lowest BCUT2D eigenvalue weighted by Gasteiger charge is -2.22. The van der Waals surface area contributed by atoms with Gasteiger partial charge in [0.15, 0.2) is 0 Å². The van der Waals surface area contributed by atoms with E-state index in [0.717, 1.165) is 21.8 Å². The molecule has 0 amide bonds. The molecule has 0 aliphatic heterocycles. The molecule has 0 saturated carbocycles. The Morgan fingerprint density at radius 2 is 0.835 bits per heavy atom. The van der Waals surface area contributed by atoms with E-state index in [2.05, 4.69) is 271 Å². The molecule has 0 radical (unpaired) electrons. The van der Waals surface area contributed by atoms with Crippen LogP contribution in [0.2, 0.25) is 5.02 Å². The summed E-state index contributed by atoms with van der Waals surface area (Å²) in [5, 5.41) is 13.6. The summed E-state index contributed by atoms with van der Waals surface area (Å²) in [7, 11) is 0. The van der Waals surface area contributed by atoms with Crippen LogP contribution in [-0.2, 0) is 15.6 Å². The zero-order chi connectivity index (χ0) is 59.2. The minimum Gasteiger partial charge on any atom is -0.308 e. The second-order valence-corrected chi connectivity index (χ2v) is 25.7. The number of carbonyl (C=O) groups excluding carboxylic acids is 1. The highest BCUT2D eigenvalue weighted by molar-refractivity contribution is 6.37. The Bertz CT molecular complexity index is 5350. The van der Waals surface area contributed by atoms with Crippen LogP contribution < -0.4 is 0 Å². The number of aromatic nitrogens is 2. The SMILES string of the molecule is Cc1ccc2c(c1)C(C)(C)c1cc3cc(-n4c5cc(C)ccc5c5cc(-c6ccccc6)cc(Cl)c54)ccc3cc1-2.Cc1ccc2c(c1)C(C)(C)c1cc3cc4c(cc3cc1-2)c1cc(-c2ccccc2)cc2c3ccc(C)cc3n4c21.[2H]CC(C)=O. The molecule has 0 atom stereocenters. The predicted octanol–water partition coefficient (Wildman–Crippen LogP) is 22.4. The van der Waals surface area contributed by atoms with Gasteiger partial charge in [0.2, 0.25) is 0 Å². The number of hydrogen-bond acceptors (Lipinski definition) is 1. The van der Waals surface area contributed by atoms with Crippen molar-refractivity contribution in [3.63, 3.8) is 0 Å². The molecule has 3 nitrogen and oxygen atoms in total. The first-order valence-electron chi connectivity index (χ1n) is 30.3. The fourth-order valence-electron chi connectivity index (χ4n) is 14.5. The number of hydrogen-bond donors (Lipinski definition) is 0. The third-order valence-corrected chi connectivity index (χ3v) is 19.0. The standard InChI is InChI=1S/C39H30ClN.C39H29N.C3H6O/c1-23-10-14-30-32-19-26-12-13-29(18-27(26)21-35(32)39(3,4)34(30)16-23)41-37-17-24(2)11-15-31(37)33-20-28(22-36(40)38(33)41)25-8-6-5-7-9-25;1-22-10-12-28-30-16-26-17-31-33-19-25(24-8-6-5-7-9-24)18-32-29-13-11-23(2)15-36(29)40(38(32)33)37(31)21-27(26)20-35(30)39(3,4)34(28)14-22;1-3(2)4/h5-22H,1-4H3;5-21H,1-4H3;1-2H3/i;;1D. The van der Waals surface area contributed by atoms with E-state index < -0.39 is 0 Å². The van der Waals surface area contributed by atoms with Gasteiger partial charge in [-0.05, 0) is 226 Å². The van der Waals surface area contributed by atoms with Gasteiger partial charge in [0, 0.05) is 50.2 Å².